The van der Waals surface area contributed by atoms with E-state index in [2.05, 4.69) is 0 Å². The predicted octanol–water partition coefficient (Wildman–Crippen LogP) is -0.151. The largest absolute Gasteiger partial charge is 0.341 e. The van der Waals surface area contributed by atoms with E-state index in [0.717, 1.165) is 5.56 Å². The van der Waals surface area contributed by atoms with Gasteiger partial charge in [-0.15, -0.1) is 0 Å². The molecule has 1 aliphatic rings. The van der Waals surface area contributed by atoms with Crippen LogP contribution < -0.4 is 5.14 Å². The smallest absolute Gasteiger partial charge is 0.238 e. The van der Waals surface area contributed by atoms with Crippen molar-refractivity contribution in [3.63, 3.8) is 0 Å². The summed E-state index contributed by atoms with van der Waals surface area (Å²) in [5.74, 6) is -0.0939. The standard InChI is InChI=1S/C10H12N2O3S/c1-12-6-7-3-2-4-9(16(11,14)15)8(7)5-10(12)13/h2-4H,5-6H2,1H3,(H2,11,14,15). The molecule has 1 aliphatic heterocycles. The van der Waals surface area contributed by atoms with Crippen molar-refractivity contribution in [1.29, 1.82) is 0 Å². The number of hydrogen-bond donors (Lipinski definition) is 1. The number of sulfonamides is 1. The summed E-state index contributed by atoms with van der Waals surface area (Å²) in [6.07, 6.45) is 0.0957. The van der Waals surface area contributed by atoms with Gasteiger partial charge in [0.1, 0.15) is 0 Å². The highest BCUT2D eigenvalue weighted by Gasteiger charge is 2.25. The van der Waals surface area contributed by atoms with Gasteiger partial charge in [0, 0.05) is 13.6 Å². The fraction of sp³-hybridized carbons (Fsp3) is 0.300. The molecule has 0 bridgehead atoms. The Balaban J connectivity index is 2.62. The average Bonchev–Trinajstić information content (AvgIpc) is 2.17. The molecule has 2 N–H and O–H groups in total. The molecule has 0 radical (unpaired) electrons. The number of nitrogens with two attached hydrogens (primary N) is 1. The maximum atomic E-state index is 11.5. The van der Waals surface area contributed by atoms with Crippen molar-refractivity contribution in [2.24, 2.45) is 5.14 Å². The van der Waals surface area contributed by atoms with Crippen LogP contribution in [0.2, 0.25) is 0 Å². The molecule has 1 heterocycles. The van der Waals surface area contributed by atoms with Gasteiger partial charge >= 0.3 is 0 Å². The van der Waals surface area contributed by atoms with E-state index in [0.29, 0.717) is 12.1 Å². The van der Waals surface area contributed by atoms with E-state index >= 15 is 0 Å². The third-order valence-corrected chi connectivity index (χ3v) is 3.69. The summed E-state index contributed by atoms with van der Waals surface area (Å²) < 4.78 is 22.7. The Labute approximate surface area is 93.9 Å². The molecule has 1 aromatic rings. The maximum absolute atomic E-state index is 11.5. The maximum Gasteiger partial charge on any atom is 0.238 e. The highest BCUT2D eigenvalue weighted by Crippen LogP contribution is 2.24. The van der Waals surface area contributed by atoms with Crippen molar-refractivity contribution < 1.29 is 13.2 Å². The van der Waals surface area contributed by atoms with Gasteiger partial charge in [-0.25, -0.2) is 13.6 Å². The van der Waals surface area contributed by atoms with Gasteiger partial charge in [-0.05, 0) is 17.2 Å². The molecule has 6 heteroatoms. The van der Waals surface area contributed by atoms with E-state index in [1.807, 2.05) is 6.07 Å². The first-order chi connectivity index (χ1) is 7.39. The van der Waals surface area contributed by atoms with E-state index < -0.39 is 10.0 Å². The monoisotopic (exact) mass is 240 g/mol. The average molecular weight is 240 g/mol. The molecule has 0 aromatic heterocycles. The van der Waals surface area contributed by atoms with Crippen molar-refractivity contribution in [3.8, 4) is 0 Å². The van der Waals surface area contributed by atoms with Crippen molar-refractivity contribution in [2.75, 3.05) is 7.05 Å². The Morgan fingerprint density at radius 1 is 1.38 bits per heavy atom. The lowest BCUT2D eigenvalue weighted by atomic mass is 10.00. The number of fused-ring (bicyclic) bond motifs is 1. The lowest BCUT2D eigenvalue weighted by molar-refractivity contribution is -0.130. The number of carbonyl (C=O) groups is 1. The normalized spacial score (nSPS) is 16.1. The zero-order chi connectivity index (χ0) is 11.9. The number of hydrogen-bond acceptors (Lipinski definition) is 3. The van der Waals surface area contributed by atoms with E-state index in [1.54, 1.807) is 18.0 Å². The minimum Gasteiger partial charge on any atom is -0.341 e. The number of carbonyl (C=O) groups excluding carboxylic acids is 1. The number of nitrogens with zero attached hydrogens (tertiary/aromatic N) is 1. The van der Waals surface area contributed by atoms with Crippen LogP contribution in [-0.2, 0) is 27.8 Å². The van der Waals surface area contributed by atoms with E-state index in [1.165, 1.54) is 6.07 Å². The number of benzene rings is 1. The van der Waals surface area contributed by atoms with Crippen LogP contribution in [0.3, 0.4) is 0 Å². The van der Waals surface area contributed by atoms with Gasteiger partial charge in [0.2, 0.25) is 15.9 Å². The summed E-state index contributed by atoms with van der Waals surface area (Å²) in [5.41, 5.74) is 1.38. The summed E-state index contributed by atoms with van der Waals surface area (Å²) in [7, 11) is -2.07. The number of amides is 1. The summed E-state index contributed by atoms with van der Waals surface area (Å²) in [6.45, 7) is 0.428. The predicted molar refractivity (Wildman–Crippen MR) is 58.0 cm³/mol. The fourth-order valence-corrected chi connectivity index (χ4v) is 2.67. The third kappa shape index (κ3) is 1.81. The van der Waals surface area contributed by atoms with Crippen molar-refractivity contribution in [3.05, 3.63) is 29.3 Å². The molecule has 0 saturated carbocycles. The summed E-state index contributed by atoms with van der Waals surface area (Å²) in [5, 5.41) is 5.11. The quantitative estimate of drug-likeness (QED) is 0.741. The highest BCUT2D eigenvalue weighted by molar-refractivity contribution is 7.89. The topological polar surface area (TPSA) is 80.5 Å². The second-order valence-corrected chi connectivity index (χ2v) is 5.40. The van der Waals surface area contributed by atoms with Crippen LogP contribution in [0.15, 0.2) is 23.1 Å². The van der Waals surface area contributed by atoms with Crippen molar-refractivity contribution >= 4 is 15.9 Å². The SMILES string of the molecule is CN1Cc2cccc(S(N)(=O)=O)c2CC1=O. The Kier molecular flexibility index (Phi) is 2.47. The molecule has 0 spiro atoms. The first-order valence-electron chi connectivity index (χ1n) is 4.77. The Bertz CT molecular complexity index is 551. The van der Waals surface area contributed by atoms with Crippen LogP contribution in [0.25, 0.3) is 0 Å². The second kappa shape index (κ2) is 3.57. The van der Waals surface area contributed by atoms with Gasteiger partial charge in [-0.2, -0.15) is 0 Å². The van der Waals surface area contributed by atoms with Gasteiger partial charge in [-0.1, -0.05) is 12.1 Å². The second-order valence-electron chi connectivity index (χ2n) is 3.87. The zero-order valence-corrected chi connectivity index (χ0v) is 9.62. The third-order valence-electron chi connectivity index (χ3n) is 2.70. The molecule has 86 valence electrons. The Morgan fingerprint density at radius 3 is 2.69 bits per heavy atom. The lowest BCUT2D eigenvalue weighted by Gasteiger charge is -2.26. The molecule has 0 saturated heterocycles. The summed E-state index contributed by atoms with van der Waals surface area (Å²) >= 11 is 0. The molecule has 0 atom stereocenters. The van der Waals surface area contributed by atoms with Gasteiger partial charge < -0.3 is 4.90 Å². The van der Waals surface area contributed by atoms with Gasteiger partial charge in [0.15, 0.2) is 0 Å². The van der Waals surface area contributed by atoms with Crippen molar-refractivity contribution in [2.45, 2.75) is 17.9 Å². The minimum atomic E-state index is -3.76. The first-order valence-corrected chi connectivity index (χ1v) is 6.32. The molecule has 1 aromatic carbocycles. The van der Waals surface area contributed by atoms with Crippen LogP contribution in [0.4, 0.5) is 0 Å². The van der Waals surface area contributed by atoms with Gasteiger partial charge in [0.25, 0.3) is 0 Å². The lowest BCUT2D eigenvalue weighted by Crippen LogP contribution is -2.34. The van der Waals surface area contributed by atoms with Gasteiger partial charge in [-0.3, -0.25) is 4.79 Å². The van der Waals surface area contributed by atoms with Crippen LogP contribution in [0.1, 0.15) is 11.1 Å². The molecular formula is C10H12N2O3S. The van der Waals surface area contributed by atoms with Crippen LogP contribution >= 0.6 is 0 Å². The van der Waals surface area contributed by atoms with Crippen LogP contribution in [0, 0.1) is 0 Å². The molecular weight excluding hydrogens is 228 g/mol. The first kappa shape index (κ1) is 11.1. The zero-order valence-electron chi connectivity index (χ0n) is 8.80. The number of primary sulfonamides is 1. The number of likely N-dealkylation sites (N-methyl/N-ethyl adjacent to an activating group) is 1. The Morgan fingerprint density at radius 2 is 2.06 bits per heavy atom. The number of rotatable bonds is 1. The van der Waals surface area contributed by atoms with E-state index in [-0.39, 0.29) is 17.2 Å². The Hall–Kier alpha value is -1.40. The van der Waals surface area contributed by atoms with Gasteiger partial charge in [0.05, 0.1) is 11.3 Å². The minimum absolute atomic E-state index is 0.0615. The summed E-state index contributed by atoms with van der Waals surface area (Å²) in [6, 6.07) is 4.89. The highest BCUT2D eigenvalue weighted by atomic mass is 32.2. The van der Waals surface area contributed by atoms with E-state index in [4.69, 9.17) is 5.14 Å². The molecule has 0 unspecified atom stereocenters. The van der Waals surface area contributed by atoms with Crippen molar-refractivity contribution in [1.82, 2.24) is 4.90 Å². The molecule has 1 amide bonds. The molecule has 0 aliphatic carbocycles. The van der Waals surface area contributed by atoms with E-state index in [9.17, 15) is 13.2 Å². The molecule has 2 rings (SSSR count). The van der Waals surface area contributed by atoms with Crippen LogP contribution in [0.5, 0.6) is 0 Å². The molecule has 16 heavy (non-hydrogen) atoms. The molecule has 5 nitrogen and oxygen atoms in total. The van der Waals surface area contributed by atoms with Crippen LogP contribution in [-0.4, -0.2) is 26.3 Å². The molecule has 0 fully saturated rings. The summed E-state index contributed by atoms with van der Waals surface area (Å²) in [4.78, 5) is 13.2. The fourth-order valence-electron chi connectivity index (χ4n) is 1.86.